The molecule has 54 heavy (non-hydrogen) atoms. The Balaban J connectivity index is 0.960. The van der Waals surface area contributed by atoms with Gasteiger partial charge < -0.3 is 38.5 Å². The number of pyridine rings is 2. The monoisotopic (exact) mass is 741 g/mol. The number of Topliss-reactive ketones (excluding diaryl/α,β-unsaturated/α-hetero) is 1. The Hall–Kier alpha value is -5.24. The molecule has 3 aromatic heterocycles. The van der Waals surface area contributed by atoms with Gasteiger partial charge in [-0.3, -0.25) is 4.79 Å². The third-order valence-corrected chi connectivity index (χ3v) is 9.63. The van der Waals surface area contributed by atoms with Crippen molar-refractivity contribution in [3.8, 4) is 17.3 Å². The fourth-order valence-electron chi connectivity index (χ4n) is 6.65. The summed E-state index contributed by atoms with van der Waals surface area (Å²) in [5.74, 6) is 0.981. The standard InChI is InChI=1S/C38H47N9O7/c1-26(2)24-54-33(48)25-53-17-16-52-15-14-51-13-12-45-23-29-22-44(10-11-46(29)37(45)50)36-41-19-28(20-42-36)31-8-7-30-34(49)38(3,4)47(35(30)43-31)21-27-6-5-9-40-32(27)18-39/h5-9,19-20,26,29H,10-17,21-25H2,1-4H3/t29-/m0/s1. The molecule has 286 valence electrons. The van der Waals surface area contributed by atoms with E-state index in [0.717, 1.165) is 0 Å². The van der Waals surface area contributed by atoms with Crippen molar-refractivity contribution in [2.45, 2.75) is 45.8 Å². The van der Waals surface area contributed by atoms with Gasteiger partial charge in [0.15, 0.2) is 5.78 Å². The number of urea groups is 1. The van der Waals surface area contributed by atoms with Gasteiger partial charge in [0, 0.05) is 69.0 Å². The van der Waals surface area contributed by atoms with Crippen LogP contribution in [0.1, 0.15) is 49.3 Å². The van der Waals surface area contributed by atoms with Crippen molar-refractivity contribution in [3.05, 3.63) is 59.7 Å². The largest absolute Gasteiger partial charge is 0.464 e. The molecule has 1 atom stereocenters. The highest BCUT2D eigenvalue weighted by molar-refractivity contribution is 6.12. The average Bonchev–Trinajstić information content (AvgIpc) is 3.59. The second-order valence-corrected chi connectivity index (χ2v) is 14.3. The van der Waals surface area contributed by atoms with Crippen LogP contribution < -0.4 is 9.80 Å². The Morgan fingerprint density at radius 3 is 2.46 bits per heavy atom. The third-order valence-electron chi connectivity index (χ3n) is 9.63. The van der Waals surface area contributed by atoms with Crippen molar-refractivity contribution in [1.82, 2.24) is 29.7 Å². The lowest BCUT2D eigenvalue weighted by Crippen LogP contribution is -2.52. The highest BCUT2D eigenvalue weighted by atomic mass is 16.6. The lowest BCUT2D eigenvalue weighted by atomic mass is 9.97. The Kier molecular flexibility index (Phi) is 12.3. The highest BCUT2D eigenvalue weighted by Crippen LogP contribution is 2.40. The average molecular weight is 742 g/mol. The molecule has 0 aliphatic carbocycles. The summed E-state index contributed by atoms with van der Waals surface area (Å²) in [5, 5.41) is 9.58. The number of fused-ring (bicyclic) bond motifs is 2. The fraction of sp³-hybridized carbons (Fsp3) is 0.526. The predicted octanol–water partition coefficient (Wildman–Crippen LogP) is 2.96. The number of nitriles is 1. The summed E-state index contributed by atoms with van der Waals surface area (Å²) in [5.41, 5.74) is 2.03. The van der Waals surface area contributed by atoms with Gasteiger partial charge in [-0.15, -0.1) is 0 Å². The molecule has 6 rings (SSSR count). The van der Waals surface area contributed by atoms with Gasteiger partial charge in [-0.2, -0.15) is 5.26 Å². The van der Waals surface area contributed by atoms with E-state index in [1.807, 2.05) is 48.5 Å². The van der Waals surface area contributed by atoms with E-state index in [9.17, 15) is 19.6 Å². The second kappa shape index (κ2) is 17.3. The smallest absolute Gasteiger partial charge is 0.332 e. The molecule has 0 saturated carbocycles. The first-order valence-electron chi connectivity index (χ1n) is 18.3. The first-order valence-corrected chi connectivity index (χ1v) is 18.3. The fourth-order valence-corrected chi connectivity index (χ4v) is 6.65. The molecule has 0 unspecified atom stereocenters. The van der Waals surface area contributed by atoms with Crippen molar-refractivity contribution in [2.24, 2.45) is 5.92 Å². The SMILES string of the molecule is CC(C)COC(=O)COCCOCCOCCN1C[C@@H]2CN(c3ncc(-c4ccc5c(n4)N(Cc4cccnc4C#N)C(C)(C)C5=O)cn3)CCN2C1=O. The number of aromatic nitrogens is 4. The predicted molar refractivity (Wildman–Crippen MR) is 197 cm³/mol. The normalized spacial score (nSPS) is 17.6. The Labute approximate surface area is 315 Å². The quantitative estimate of drug-likeness (QED) is 0.146. The van der Waals surface area contributed by atoms with E-state index in [0.29, 0.717) is 112 Å². The maximum absolute atomic E-state index is 13.4. The number of ether oxygens (including phenoxy) is 4. The molecule has 2 fully saturated rings. The molecule has 0 spiro atoms. The van der Waals surface area contributed by atoms with Crippen LogP contribution >= 0.6 is 0 Å². The third kappa shape index (κ3) is 8.75. The van der Waals surface area contributed by atoms with Crippen LogP contribution in [-0.2, 0) is 30.3 Å². The topological polar surface area (TPSA) is 176 Å². The number of hydrogen-bond donors (Lipinski definition) is 0. The lowest BCUT2D eigenvalue weighted by Gasteiger charge is -2.36. The number of nitrogens with zero attached hydrogens (tertiary/aromatic N) is 9. The minimum Gasteiger partial charge on any atom is -0.464 e. The van der Waals surface area contributed by atoms with E-state index in [2.05, 4.69) is 25.9 Å². The van der Waals surface area contributed by atoms with E-state index in [4.69, 9.17) is 23.9 Å². The number of anilines is 2. The van der Waals surface area contributed by atoms with Crippen LogP contribution in [0, 0.1) is 17.2 Å². The van der Waals surface area contributed by atoms with Gasteiger partial charge in [-0.05, 0) is 38.0 Å². The van der Waals surface area contributed by atoms with Crippen molar-refractivity contribution < 1.29 is 33.3 Å². The van der Waals surface area contributed by atoms with E-state index in [-0.39, 0.29) is 43.0 Å². The summed E-state index contributed by atoms with van der Waals surface area (Å²) in [6.07, 6.45) is 5.04. The molecule has 16 heteroatoms. The Bertz CT molecular complexity index is 1850. The van der Waals surface area contributed by atoms with Crippen LogP contribution in [0.25, 0.3) is 11.3 Å². The zero-order valence-corrected chi connectivity index (χ0v) is 31.3. The van der Waals surface area contributed by atoms with Crippen molar-refractivity contribution >= 4 is 29.5 Å². The first-order chi connectivity index (χ1) is 26.1. The summed E-state index contributed by atoms with van der Waals surface area (Å²) >= 11 is 0. The van der Waals surface area contributed by atoms with Crippen molar-refractivity contribution in [2.75, 3.05) is 88.8 Å². The zero-order valence-electron chi connectivity index (χ0n) is 31.3. The maximum Gasteiger partial charge on any atom is 0.332 e. The van der Waals surface area contributed by atoms with Crippen LogP contribution in [0.2, 0.25) is 0 Å². The molecule has 3 aliphatic heterocycles. The summed E-state index contributed by atoms with van der Waals surface area (Å²) in [6, 6.07) is 9.36. The van der Waals surface area contributed by atoms with Gasteiger partial charge >= 0.3 is 12.0 Å². The minimum absolute atomic E-state index is 0.00518. The number of ketones is 1. The van der Waals surface area contributed by atoms with E-state index in [1.165, 1.54) is 0 Å². The van der Waals surface area contributed by atoms with Crippen LogP contribution in [0.5, 0.6) is 0 Å². The van der Waals surface area contributed by atoms with E-state index < -0.39 is 5.54 Å². The van der Waals surface area contributed by atoms with Crippen LogP contribution in [-0.4, -0.2) is 138 Å². The summed E-state index contributed by atoms with van der Waals surface area (Å²) < 4.78 is 21.5. The van der Waals surface area contributed by atoms with E-state index in [1.54, 1.807) is 36.8 Å². The van der Waals surface area contributed by atoms with Crippen LogP contribution in [0.3, 0.4) is 0 Å². The summed E-state index contributed by atoms with van der Waals surface area (Å²) in [6.45, 7) is 12.9. The van der Waals surface area contributed by atoms with Gasteiger partial charge in [0.2, 0.25) is 5.95 Å². The number of piperazine rings is 1. The molecular weight excluding hydrogens is 694 g/mol. The molecule has 16 nitrogen and oxygen atoms in total. The number of carbonyl (C=O) groups is 3. The summed E-state index contributed by atoms with van der Waals surface area (Å²) in [7, 11) is 0. The zero-order chi connectivity index (χ0) is 38.2. The minimum atomic E-state index is -0.859. The molecule has 0 bridgehead atoms. The van der Waals surface area contributed by atoms with Gasteiger partial charge in [0.05, 0.1) is 62.5 Å². The maximum atomic E-state index is 13.4. The van der Waals surface area contributed by atoms with Gasteiger partial charge in [-0.1, -0.05) is 19.9 Å². The van der Waals surface area contributed by atoms with Gasteiger partial charge in [0.25, 0.3) is 0 Å². The van der Waals surface area contributed by atoms with Crippen molar-refractivity contribution in [3.63, 3.8) is 0 Å². The number of rotatable bonds is 17. The molecule has 0 radical (unpaired) electrons. The summed E-state index contributed by atoms with van der Waals surface area (Å²) in [4.78, 5) is 64.2. The highest BCUT2D eigenvalue weighted by Gasteiger charge is 2.45. The van der Waals surface area contributed by atoms with E-state index >= 15 is 0 Å². The number of hydrogen-bond acceptors (Lipinski definition) is 14. The number of amides is 2. The number of carbonyl (C=O) groups excluding carboxylic acids is 3. The van der Waals surface area contributed by atoms with Crippen LogP contribution in [0.15, 0.2) is 42.9 Å². The van der Waals surface area contributed by atoms with Crippen LogP contribution in [0.4, 0.5) is 16.6 Å². The Morgan fingerprint density at radius 2 is 1.72 bits per heavy atom. The van der Waals surface area contributed by atoms with Crippen molar-refractivity contribution in [1.29, 1.82) is 5.26 Å². The molecule has 2 saturated heterocycles. The molecular formula is C38H47N9O7. The Morgan fingerprint density at radius 1 is 0.981 bits per heavy atom. The number of esters is 1. The molecule has 3 aliphatic rings. The first kappa shape index (κ1) is 38.5. The molecule has 0 aromatic carbocycles. The molecule has 3 aromatic rings. The van der Waals surface area contributed by atoms with Gasteiger partial charge in [-0.25, -0.2) is 29.5 Å². The molecule has 2 amide bonds. The lowest BCUT2D eigenvalue weighted by molar-refractivity contribution is -0.150. The second-order valence-electron chi connectivity index (χ2n) is 14.3. The van der Waals surface area contributed by atoms with Gasteiger partial charge in [0.1, 0.15) is 24.2 Å². The molecule has 0 N–H and O–H groups in total. The molecule has 6 heterocycles.